The van der Waals surface area contributed by atoms with Gasteiger partial charge in [0.2, 0.25) is 5.43 Å². The number of nitrogens with zero attached hydrogens (tertiary/aromatic N) is 2. The lowest BCUT2D eigenvalue weighted by Gasteiger charge is -2.25. The fourth-order valence-corrected chi connectivity index (χ4v) is 4.95. The van der Waals surface area contributed by atoms with Gasteiger partial charge in [0.15, 0.2) is 11.6 Å². The molecule has 2 aromatic rings. The highest BCUT2D eigenvalue weighted by Crippen LogP contribution is 2.45. The standard InChI is InChI=1S/C21H24FN3O4/c1-29-20-17-13(19(26)14(21(27)28)9-25(17)12-4-5-12)7-15(22)18(20)24-8-11-3-2-6-23-16(11)10-24/h7,9,11-12,16,23H,2-6,8,10H2,1H3,(H,27,28)/t11-,16-/m1/s1. The van der Waals surface area contributed by atoms with E-state index in [1.165, 1.54) is 19.4 Å². The van der Waals surface area contributed by atoms with Gasteiger partial charge in [0.1, 0.15) is 11.3 Å². The van der Waals surface area contributed by atoms with Crippen molar-refractivity contribution >= 4 is 22.6 Å². The Morgan fingerprint density at radius 1 is 1.31 bits per heavy atom. The van der Waals surface area contributed by atoms with Crippen LogP contribution in [0.15, 0.2) is 17.1 Å². The number of nitrogens with one attached hydrogen (secondary N) is 1. The number of ether oxygens (including phenoxy) is 1. The summed E-state index contributed by atoms with van der Waals surface area (Å²) in [6.07, 6.45) is 5.40. The van der Waals surface area contributed by atoms with E-state index >= 15 is 4.39 Å². The number of anilines is 1. The molecule has 0 bridgehead atoms. The van der Waals surface area contributed by atoms with E-state index in [-0.39, 0.29) is 17.0 Å². The number of aromatic carboxylic acids is 1. The average molecular weight is 401 g/mol. The molecule has 2 saturated heterocycles. The number of rotatable bonds is 4. The van der Waals surface area contributed by atoms with E-state index in [4.69, 9.17) is 4.74 Å². The molecule has 2 atom stereocenters. The van der Waals surface area contributed by atoms with Crippen molar-refractivity contribution in [3.05, 3.63) is 33.9 Å². The van der Waals surface area contributed by atoms with Gasteiger partial charge >= 0.3 is 5.97 Å². The molecule has 2 aliphatic heterocycles. The van der Waals surface area contributed by atoms with E-state index in [0.717, 1.165) is 38.8 Å². The number of fused-ring (bicyclic) bond motifs is 2. The third-order valence-corrected chi connectivity index (χ3v) is 6.49. The van der Waals surface area contributed by atoms with Crippen LogP contribution in [0.2, 0.25) is 0 Å². The highest BCUT2D eigenvalue weighted by Gasteiger charge is 2.38. The van der Waals surface area contributed by atoms with Gasteiger partial charge in [-0.3, -0.25) is 4.79 Å². The summed E-state index contributed by atoms with van der Waals surface area (Å²) in [5.74, 6) is -1.07. The predicted octanol–water partition coefficient (Wildman–Crippen LogP) is 2.37. The van der Waals surface area contributed by atoms with Crippen molar-refractivity contribution in [2.75, 3.05) is 31.6 Å². The predicted molar refractivity (Wildman–Crippen MR) is 107 cm³/mol. The lowest BCUT2D eigenvalue weighted by Crippen LogP contribution is -2.40. The number of halogens is 1. The maximum Gasteiger partial charge on any atom is 0.341 e. The van der Waals surface area contributed by atoms with E-state index in [9.17, 15) is 14.7 Å². The molecule has 2 N–H and O–H groups in total. The summed E-state index contributed by atoms with van der Waals surface area (Å²) in [6.45, 7) is 2.40. The van der Waals surface area contributed by atoms with Crippen molar-refractivity contribution in [1.82, 2.24) is 9.88 Å². The number of carbonyl (C=O) groups is 1. The number of hydrogen-bond acceptors (Lipinski definition) is 5. The summed E-state index contributed by atoms with van der Waals surface area (Å²) in [5, 5.41) is 13.0. The van der Waals surface area contributed by atoms with E-state index in [0.29, 0.717) is 35.5 Å². The van der Waals surface area contributed by atoms with Gasteiger partial charge in [-0.25, -0.2) is 9.18 Å². The Bertz CT molecular complexity index is 1050. The summed E-state index contributed by atoms with van der Waals surface area (Å²) < 4.78 is 22.8. The molecule has 5 rings (SSSR count). The second-order valence-corrected chi connectivity index (χ2v) is 8.32. The molecular formula is C21H24FN3O4. The Labute approximate surface area is 167 Å². The number of aromatic nitrogens is 1. The molecule has 0 unspecified atom stereocenters. The van der Waals surface area contributed by atoms with Crippen molar-refractivity contribution in [3.8, 4) is 5.75 Å². The van der Waals surface area contributed by atoms with Crippen molar-refractivity contribution in [2.45, 2.75) is 37.8 Å². The van der Waals surface area contributed by atoms with E-state index in [1.807, 2.05) is 4.90 Å². The van der Waals surface area contributed by atoms with Crippen LogP contribution in [-0.2, 0) is 0 Å². The highest BCUT2D eigenvalue weighted by molar-refractivity contribution is 5.97. The quantitative estimate of drug-likeness (QED) is 0.819. The lowest BCUT2D eigenvalue weighted by molar-refractivity contribution is 0.0695. The number of hydrogen-bond donors (Lipinski definition) is 2. The monoisotopic (exact) mass is 401 g/mol. The fraction of sp³-hybridized carbons (Fsp3) is 0.524. The van der Waals surface area contributed by atoms with Crippen molar-refractivity contribution in [2.24, 2.45) is 5.92 Å². The summed E-state index contributed by atoms with van der Waals surface area (Å²) >= 11 is 0. The molecule has 0 radical (unpaired) electrons. The molecule has 1 aromatic carbocycles. The Hall–Kier alpha value is -2.61. The number of carboxylic acid groups (broad SMARTS) is 1. The number of pyridine rings is 1. The zero-order valence-corrected chi connectivity index (χ0v) is 16.3. The minimum absolute atomic E-state index is 0.0599. The number of carboxylic acids is 1. The largest absolute Gasteiger partial charge is 0.492 e. The molecule has 3 fully saturated rings. The maximum atomic E-state index is 15.3. The second kappa shape index (κ2) is 6.73. The lowest BCUT2D eigenvalue weighted by atomic mass is 9.94. The first kappa shape index (κ1) is 18.4. The zero-order valence-electron chi connectivity index (χ0n) is 16.3. The van der Waals surface area contributed by atoms with Crippen LogP contribution in [0.5, 0.6) is 5.75 Å². The molecule has 154 valence electrons. The SMILES string of the molecule is COc1c(N2C[C@H]3CCCN[C@@H]3C2)c(F)cc2c(=O)c(C(=O)O)cn(C3CC3)c12. The first-order chi connectivity index (χ1) is 14.0. The summed E-state index contributed by atoms with van der Waals surface area (Å²) in [7, 11) is 1.48. The third kappa shape index (κ3) is 2.88. The Morgan fingerprint density at radius 2 is 2.10 bits per heavy atom. The molecule has 29 heavy (non-hydrogen) atoms. The van der Waals surface area contributed by atoms with Crippen LogP contribution in [0.3, 0.4) is 0 Å². The molecular weight excluding hydrogens is 377 g/mol. The first-order valence-corrected chi connectivity index (χ1v) is 10.2. The van der Waals surface area contributed by atoms with Crippen LogP contribution in [0.1, 0.15) is 42.1 Å². The first-order valence-electron chi connectivity index (χ1n) is 10.2. The van der Waals surface area contributed by atoms with Crippen LogP contribution < -0.4 is 20.4 Å². The van der Waals surface area contributed by atoms with Crippen LogP contribution in [0.4, 0.5) is 10.1 Å². The molecule has 7 nitrogen and oxygen atoms in total. The van der Waals surface area contributed by atoms with Crippen LogP contribution in [0.25, 0.3) is 10.9 Å². The maximum absolute atomic E-state index is 15.3. The normalized spacial score (nSPS) is 24.0. The summed E-state index contributed by atoms with van der Waals surface area (Å²) in [4.78, 5) is 26.4. The summed E-state index contributed by atoms with van der Waals surface area (Å²) in [6, 6.07) is 1.62. The molecule has 3 aliphatic rings. The summed E-state index contributed by atoms with van der Waals surface area (Å²) in [5.41, 5.74) is -0.155. The van der Waals surface area contributed by atoms with Crippen LogP contribution in [0, 0.1) is 11.7 Å². The molecule has 3 heterocycles. The van der Waals surface area contributed by atoms with Crippen LogP contribution in [-0.4, -0.2) is 48.4 Å². The van der Waals surface area contributed by atoms with Gasteiger partial charge in [-0.05, 0) is 44.2 Å². The minimum atomic E-state index is -1.30. The van der Waals surface area contributed by atoms with Gasteiger partial charge in [0.05, 0.1) is 18.0 Å². The number of methoxy groups -OCH3 is 1. The molecule has 1 aromatic heterocycles. The smallest absolute Gasteiger partial charge is 0.341 e. The van der Waals surface area contributed by atoms with Crippen molar-refractivity contribution in [3.63, 3.8) is 0 Å². The molecule has 1 saturated carbocycles. The van der Waals surface area contributed by atoms with Gasteiger partial charge in [-0.15, -0.1) is 0 Å². The Balaban J connectivity index is 1.73. The van der Waals surface area contributed by atoms with E-state index < -0.39 is 17.2 Å². The van der Waals surface area contributed by atoms with Gasteiger partial charge < -0.3 is 24.6 Å². The van der Waals surface area contributed by atoms with Crippen molar-refractivity contribution < 1.29 is 19.0 Å². The van der Waals surface area contributed by atoms with Gasteiger partial charge in [-0.1, -0.05) is 0 Å². The molecule has 8 heteroatoms. The van der Waals surface area contributed by atoms with Crippen molar-refractivity contribution in [1.29, 1.82) is 0 Å². The molecule has 1 aliphatic carbocycles. The highest BCUT2D eigenvalue weighted by atomic mass is 19.1. The van der Waals surface area contributed by atoms with Gasteiger partial charge in [0.25, 0.3) is 0 Å². The van der Waals surface area contributed by atoms with Gasteiger partial charge in [-0.2, -0.15) is 0 Å². The number of benzene rings is 1. The van der Waals surface area contributed by atoms with Gasteiger partial charge in [0, 0.05) is 31.4 Å². The van der Waals surface area contributed by atoms with E-state index in [1.54, 1.807) is 4.57 Å². The fourth-order valence-electron chi connectivity index (χ4n) is 4.95. The average Bonchev–Trinajstić information content (AvgIpc) is 3.45. The van der Waals surface area contributed by atoms with Crippen LogP contribution >= 0.6 is 0 Å². The minimum Gasteiger partial charge on any atom is -0.492 e. The zero-order chi connectivity index (χ0) is 20.3. The number of piperidine rings is 1. The van der Waals surface area contributed by atoms with E-state index in [2.05, 4.69) is 5.32 Å². The topological polar surface area (TPSA) is 83.8 Å². The molecule has 0 spiro atoms. The Kier molecular flexibility index (Phi) is 4.27. The Morgan fingerprint density at radius 3 is 2.76 bits per heavy atom. The molecule has 0 amide bonds. The second-order valence-electron chi connectivity index (χ2n) is 8.32. The third-order valence-electron chi connectivity index (χ3n) is 6.49.